The van der Waals surface area contributed by atoms with Crippen molar-refractivity contribution in [3.8, 4) is 5.75 Å². The Balaban J connectivity index is 1.46. The first kappa shape index (κ1) is 19.2. The van der Waals surface area contributed by atoms with E-state index in [9.17, 15) is 4.79 Å². The lowest BCUT2D eigenvalue weighted by atomic mass is 9.82. The molecule has 0 fully saturated rings. The van der Waals surface area contributed by atoms with Crippen molar-refractivity contribution < 1.29 is 9.53 Å². The number of halogens is 1. The van der Waals surface area contributed by atoms with Gasteiger partial charge in [0.1, 0.15) is 5.75 Å². The number of benzene rings is 2. The maximum Gasteiger partial charge on any atom is 0.226 e. The number of methoxy groups -OCH3 is 1. The van der Waals surface area contributed by atoms with E-state index in [2.05, 4.69) is 11.1 Å². The van der Waals surface area contributed by atoms with Crippen LogP contribution in [0.1, 0.15) is 35.4 Å². The minimum atomic E-state index is 0.130. The van der Waals surface area contributed by atoms with E-state index in [0.717, 1.165) is 47.3 Å². The van der Waals surface area contributed by atoms with Crippen LogP contribution >= 0.6 is 22.9 Å². The maximum absolute atomic E-state index is 12.8. The summed E-state index contributed by atoms with van der Waals surface area (Å²) in [4.78, 5) is 18.9. The van der Waals surface area contributed by atoms with Crippen molar-refractivity contribution in [2.24, 2.45) is 0 Å². The highest BCUT2D eigenvalue weighted by Crippen LogP contribution is 2.37. The summed E-state index contributed by atoms with van der Waals surface area (Å²) < 4.78 is 7.08. The third-order valence-electron chi connectivity index (χ3n) is 5.51. The Labute approximate surface area is 174 Å². The lowest BCUT2D eigenvalue weighted by Gasteiger charge is -2.30. The highest BCUT2D eigenvalue weighted by atomic mass is 35.5. The molecule has 3 aromatic rings. The summed E-state index contributed by atoms with van der Waals surface area (Å²) in [6.07, 6.45) is 3.66. The van der Waals surface area contributed by atoms with Crippen LogP contribution in [0.2, 0.25) is 4.47 Å². The molecule has 0 N–H and O–H groups in total. The summed E-state index contributed by atoms with van der Waals surface area (Å²) in [7, 11) is 3.63. The van der Waals surface area contributed by atoms with Gasteiger partial charge in [-0.3, -0.25) is 4.79 Å². The highest BCUT2D eigenvalue weighted by molar-refractivity contribution is 7.22. The molecule has 4 nitrogen and oxygen atoms in total. The van der Waals surface area contributed by atoms with Crippen molar-refractivity contribution in [3.63, 3.8) is 0 Å². The zero-order chi connectivity index (χ0) is 19.7. The van der Waals surface area contributed by atoms with Crippen LogP contribution in [0.5, 0.6) is 5.75 Å². The van der Waals surface area contributed by atoms with E-state index in [0.29, 0.717) is 16.8 Å². The van der Waals surface area contributed by atoms with E-state index in [4.69, 9.17) is 16.3 Å². The molecule has 1 amide bonds. The van der Waals surface area contributed by atoms with Gasteiger partial charge in [-0.25, -0.2) is 4.98 Å². The number of carbonyl (C=O) groups is 1. The highest BCUT2D eigenvalue weighted by Gasteiger charge is 2.25. The monoisotopic (exact) mass is 414 g/mol. The number of thiazole rings is 1. The lowest BCUT2D eigenvalue weighted by molar-refractivity contribution is -0.129. The second-order valence-corrected chi connectivity index (χ2v) is 8.95. The number of ether oxygens (including phenoxy) is 1. The smallest absolute Gasteiger partial charge is 0.226 e. The van der Waals surface area contributed by atoms with Crippen LogP contribution in [0.4, 0.5) is 0 Å². The molecule has 6 heteroatoms. The SMILES string of the molecule is COc1cccc2c1CCC[C@H]2CN(C)C(=O)Cc1ccc2nc(Cl)sc2c1. The maximum atomic E-state index is 12.8. The van der Waals surface area contributed by atoms with Crippen LogP contribution in [-0.2, 0) is 17.6 Å². The van der Waals surface area contributed by atoms with Gasteiger partial charge < -0.3 is 9.64 Å². The average Bonchev–Trinajstić information content (AvgIpc) is 3.07. The van der Waals surface area contributed by atoms with Gasteiger partial charge in [0.05, 0.1) is 23.7 Å². The van der Waals surface area contributed by atoms with Gasteiger partial charge in [0, 0.05) is 19.5 Å². The molecule has 0 aliphatic heterocycles. The number of hydrogen-bond acceptors (Lipinski definition) is 4. The molecule has 0 radical (unpaired) electrons. The quantitative estimate of drug-likeness (QED) is 0.584. The van der Waals surface area contributed by atoms with Crippen molar-refractivity contribution in [2.75, 3.05) is 20.7 Å². The summed E-state index contributed by atoms with van der Waals surface area (Å²) >= 11 is 7.43. The van der Waals surface area contributed by atoms with Gasteiger partial charge in [-0.05, 0) is 54.2 Å². The summed E-state index contributed by atoms with van der Waals surface area (Å²) in [6, 6.07) is 12.2. The molecule has 146 valence electrons. The van der Waals surface area contributed by atoms with E-state index in [1.54, 1.807) is 7.11 Å². The molecule has 0 saturated carbocycles. The van der Waals surface area contributed by atoms with Gasteiger partial charge in [-0.1, -0.05) is 29.8 Å². The van der Waals surface area contributed by atoms with E-state index in [1.165, 1.54) is 22.5 Å². The third-order valence-corrected chi connectivity index (χ3v) is 6.63. The number of likely N-dealkylation sites (N-methyl/N-ethyl adjacent to an activating group) is 1. The Bertz CT molecular complexity index is 1020. The first-order valence-corrected chi connectivity index (χ1v) is 10.7. The fraction of sp³-hybridized carbons (Fsp3) is 0.364. The summed E-state index contributed by atoms with van der Waals surface area (Å²) in [5.74, 6) is 1.45. The van der Waals surface area contributed by atoms with E-state index in [-0.39, 0.29) is 5.91 Å². The molecule has 1 aliphatic rings. The number of amides is 1. The molecule has 0 unspecified atom stereocenters. The Morgan fingerprint density at radius 3 is 3.04 bits per heavy atom. The number of carbonyl (C=O) groups excluding carboxylic acids is 1. The first-order chi connectivity index (χ1) is 13.5. The zero-order valence-corrected chi connectivity index (χ0v) is 17.6. The van der Waals surface area contributed by atoms with Crippen LogP contribution in [0, 0.1) is 0 Å². The fourth-order valence-electron chi connectivity index (χ4n) is 4.09. The number of fused-ring (bicyclic) bond motifs is 2. The molecule has 0 spiro atoms. The lowest BCUT2D eigenvalue weighted by Crippen LogP contribution is -2.33. The zero-order valence-electron chi connectivity index (χ0n) is 16.1. The number of aromatic nitrogens is 1. The molecule has 28 heavy (non-hydrogen) atoms. The number of nitrogens with zero attached hydrogens (tertiary/aromatic N) is 2. The van der Waals surface area contributed by atoms with Crippen LogP contribution in [0.3, 0.4) is 0 Å². The van der Waals surface area contributed by atoms with Crippen molar-refractivity contribution in [2.45, 2.75) is 31.6 Å². The molecule has 1 aliphatic carbocycles. The first-order valence-electron chi connectivity index (χ1n) is 9.50. The summed E-state index contributed by atoms with van der Waals surface area (Å²) in [5.41, 5.74) is 4.50. The Morgan fingerprint density at radius 2 is 2.21 bits per heavy atom. The van der Waals surface area contributed by atoms with Crippen molar-refractivity contribution in [1.29, 1.82) is 0 Å². The molecule has 1 atom stereocenters. The predicted molar refractivity (Wildman–Crippen MR) is 115 cm³/mol. The second-order valence-electron chi connectivity index (χ2n) is 7.34. The predicted octanol–water partition coefficient (Wildman–Crippen LogP) is 5.08. The van der Waals surface area contributed by atoms with Gasteiger partial charge >= 0.3 is 0 Å². The van der Waals surface area contributed by atoms with E-state index < -0.39 is 0 Å². The summed E-state index contributed by atoms with van der Waals surface area (Å²) in [5, 5.41) is 0. The molecule has 1 heterocycles. The van der Waals surface area contributed by atoms with Crippen LogP contribution in [0.25, 0.3) is 10.2 Å². The van der Waals surface area contributed by atoms with E-state index in [1.807, 2.05) is 42.3 Å². The Kier molecular flexibility index (Phi) is 5.56. The molecular formula is C22H23ClN2O2S. The van der Waals surface area contributed by atoms with Gasteiger partial charge in [-0.2, -0.15) is 0 Å². The summed E-state index contributed by atoms with van der Waals surface area (Å²) in [6.45, 7) is 0.730. The molecular weight excluding hydrogens is 392 g/mol. The largest absolute Gasteiger partial charge is 0.496 e. The molecule has 1 aromatic heterocycles. The van der Waals surface area contributed by atoms with Gasteiger partial charge in [0.15, 0.2) is 4.47 Å². The van der Waals surface area contributed by atoms with Crippen LogP contribution in [-0.4, -0.2) is 36.5 Å². The minimum absolute atomic E-state index is 0.130. The minimum Gasteiger partial charge on any atom is -0.496 e. The van der Waals surface area contributed by atoms with Crippen molar-refractivity contribution >= 4 is 39.1 Å². The average molecular weight is 415 g/mol. The van der Waals surface area contributed by atoms with Gasteiger partial charge in [0.25, 0.3) is 0 Å². The molecule has 0 saturated heterocycles. The standard InChI is InChI=1S/C22H23ClN2O2S/c1-25(13-15-5-3-7-17-16(15)6-4-8-19(17)27-2)21(26)12-14-9-10-18-20(11-14)28-22(23)24-18/h4,6,8-11,15H,3,5,7,12-13H2,1-2H3/t15-/m0/s1. The normalized spacial score (nSPS) is 16.0. The van der Waals surface area contributed by atoms with Crippen molar-refractivity contribution in [3.05, 3.63) is 57.6 Å². The number of hydrogen-bond donors (Lipinski definition) is 0. The van der Waals surface area contributed by atoms with Gasteiger partial charge in [-0.15, -0.1) is 11.3 Å². The topological polar surface area (TPSA) is 42.4 Å². The van der Waals surface area contributed by atoms with Crippen LogP contribution in [0.15, 0.2) is 36.4 Å². The van der Waals surface area contributed by atoms with Gasteiger partial charge in [0.2, 0.25) is 5.91 Å². The van der Waals surface area contributed by atoms with Crippen molar-refractivity contribution in [1.82, 2.24) is 9.88 Å². The van der Waals surface area contributed by atoms with Crippen LogP contribution < -0.4 is 4.74 Å². The number of rotatable bonds is 5. The molecule has 0 bridgehead atoms. The Morgan fingerprint density at radius 1 is 1.36 bits per heavy atom. The molecule has 2 aromatic carbocycles. The fourth-order valence-corrected chi connectivity index (χ4v) is 5.18. The second kappa shape index (κ2) is 8.10. The third kappa shape index (κ3) is 3.87. The molecule has 4 rings (SSSR count). The Hall–Kier alpha value is -2.11. The van der Waals surface area contributed by atoms with E-state index >= 15 is 0 Å².